The molecule has 1 aliphatic heterocycles. The number of rotatable bonds is 3. The van der Waals surface area contributed by atoms with Crippen LogP contribution >= 0.6 is 0 Å². The molecule has 0 unspecified atom stereocenters. The van der Waals surface area contributed by atoms with Gasteiger partial charge in [0.1, 0.15) is 0 Å². The normalized spacial score (nSPS) is 43.2. The third-order valence-corrected chi connectivity index (χ3v) is 11.5. The zero-order chi connectivity index (χ0) is 25.8. The highest BCUT2D eigenvalue weighted by Crippen LogP contribution is 2.74. The minimum absolute atomic E-state index is 0.0331. The van der Waals surface area contributed by atoms with Gasteiger partial charge in [-0.15, -0.1) is 0 Å². The summed E-state index contributed by atoms with van der Waals surface area (Å²) in [4.78, 5) is 42.3. The van der Waals surface area contributed by atoms with Crippen LogP contribution in [-0.4, -0.2) is 22.9 Å². The first-order valence-electron chi connectivity index (χ1n) is 13.9. The van der Waals surface area contributed by atoms with Crippen LogP contribution < -0.4 is 4.90 Å². The molecule has 1 N–H and O–H groups in total. The number of aryl methyl sites for hydroxylation is 1. The summed E-state index contributed by atoms with van der Waals surface area (Å²) in [5.74, 6) is -0.679. The molecule has 7 rings (SSSR count). The average molecular weight is 490 g/mol. The molecule has 3 saturated carbocycles. The number of hydrogen-bond donors (Lipinski definition) is 1. The second kappa shape index (κ2) is 7.55. The molecule has 1 heterocycles. The van der Waals surface area contributed by atoms with E-state index in [1.165, 1.54) is 10.5 Å². The minimum atomic E-state index is -0.723. The molecule has 0 radical (unpaired) electrons. The van der Waals surface area contributed by atoms with Gasteiger partial charge in [-0.2, -0.15) is 0 Å². The number of anilines is 1. The minimum Gasteiger partial charge on any atom is -0.481 e. The van der Waals surface area contributed by atoms with Crippen LogP contribution in [0.5, 0.6) is 0 Å². The van der Waals surface area contributed by atoms with Crippen molar-refractivity contribution in [3.05, 3.63) is 41.5 Å². The van der Waals surface area contributed by atoms with Crippen LogP contribution in [0, 0.1) is 58.7 Å². The van der Waals surface area contributed by atoms with Crippen molar-refractivity contribution < 1.29 is 19.5 Å². The highest BCUT2D eigenvalue weighted by molar-refractivity contribution is 6.23. The van der Waals surface area contributed by atoms with Crippen LogP contribution in [0.3, 0.4) is 0 Å². The molecule has 36 heavy (non-hydrogen) atoms. The average Bonchev–Trinajstić information content (AvgIpc) is 3.11. The van der Waals surface area contributed by atoms with Crippen molar-refractivity contribution in [3.63, 3.8) is 0 Å². The summed E-state index contributed by atoms with van der Waals surface area (Å²) >= 11 is 0. The van der Waals surface area contributed by atoms with Crippen molar-refractivity contribution in [2.75, 3.05) is 4.90 Å². The summed E-state index contributed by atoms with van der Waals surface area (Å²) in [6.07, 6.45) is 7.58. The van der Waals surface area contributed by atoms with E-state index in [1.54, 1.807) is 0 Å². The van der Waals surface area contributed by atoms with Gasteiger partial charge in [-0.1, -0.05) is 56.5 Å². The van der Waals surface area contributed by atoms with Crippen molar-refractivity contribution in [2.24, 2.45) is 51.8 Å². The Hall–Kier alpha value is -2.43. The van der Waals surface area contributed by atoms with Gasteiger partial charge < -0.3 is 5.11 Å². The standard InChI is InChI=1S/C31H39NO4/c1-17(2)21-16-31-14-11-22-29(4,12-6-13-30(22,5)28(35)36)23(31)15-20(21)24-25(31)27(34)32(26(24)33)19-9-7-18(3)8-10-19/h7-10,16-17,20,22-25H,6,11-15H2,1-5H3,(H,35,36)/t20-,22-,23+,24-,25+,29+,30-,31+/m1/s1. The summed E-state index contributed by atoms with van der Waals surface area (Å²) in [5.41, 5.74) is 1.89. The van der Waals surface area contributed by atoms with Crippen LogP contribution in [0.15, 0.2) is 35.9 Å². The number of aliphatic carboxylic acids is 1. The SMILES string of the molecule is Cc1ccc(N2C(=O)[C@@H]3[C@@H]4C[C@H]5[C@@]6(C)CCC[C@@](C)(C(=O)O)[C@@H]6CC[C@@]5(C=C4C(C)C)[C@@H]3C2=O)cc1. The van der Waals surface area contributed by atoms with Crippen LogP contribution in [0.2, 0.25) is 0 Å². The van der Waals surface area contributed by atoms with Gasteiger partial charge in [0.25, 0.3) is 0 Å². The number of nitrogens with zero attached hydrogens (tertiary/aromatic N) is 1. The number of carbonyl (C=O) groups is 3. The van der Waals surface area contributed by atoms with Crippen molar-refractivity contribution in [1.29, 1.82) is 0 Å². The lowest BCUT2D eigenvalue weighted by Gasteiger charge is -2.68. The Morgan fingerprint density at radius 2 is 1.72 bits per heavy atom. The number of carbonyl (C=O) groups excluding carboxylic acids is 2. The maximum absolute atomic E-state index is 14.2. The number of carboxylic acids is 1. The Bertz CT molecular complexity index is 1180. The third kappa shape index (κ3) is 2.80. The zero-order valence-corrected chi connectivity index (χ0v) is 22.2. The lowest BCUT2D eigenvalue weighted by molar-refractivity contribution is -0.194. The van der Waals surface area contributed by atoms with Crippen molar-refractivity contribution in [2.45, 2.75) is 73.1 Å². The molecule has 5 heteroatoms. The number of benzene rings is 1. The fraction of sp³-hybridized carbons (Fsp3) is 0.645. The molecular formula is C31H39NO4. The number of allylic oxidation sites excluding steroid dienone is 2. The topological polar surface area (TPSA) is 74.7 Å². The van der Waals surface area contributed by atoms with E-state index in [1.807, 2.05) is 38.1 Å². The highest BCUT2D eigenvalue weighted by atomic mass is 16.4. The maximum Gasteiger partial charge on any atom is 0.309 e. The summed E-state index contributed by atoms with van der Waals surface area (Å²) in [5, 5.41) is 10.3. The van der Waals surface area contributed by atoms with Gasteiger partial charge in [0, 0.05) is 5.41 Å². The smallest absolute Gasteiger partial charge is 0.309 e. The molecule has 5 nitrogen and oxygen atoms in total. The van der Waals surface area contributed by atoms with Gasteiger partial charge in [0.05, 0.1) is 22.9 Å². The largest absolute Gasteiger partial charge is 0.481 e. The van der Waals surface area contributed by atoms with Crippen LogP contribution in [0.25, 0.3) is 0 Å². The number of amides is 2. The Kier molecular flexibility index (Phi) is 5.02. The van der Waals surface area contributed by atoms with Crippen molar-refractivity contribution in [1.82, 2.24) is 0 Å². The van der Waals surface area contributed by atoms with Crippen molar-refractivity contribution >= 4 is 23.5 Å². The summed E-state index contributed by atoms with van der Waals surface area (Å²) in [6, 6.07) is 7.72. The van der Waals surface area contributed by atoms with E-state index in [0.717, 1.165) is 44.1 Å². The molecular weight excluding hydrogens is 450 g/mol. The van der Waals surface area contributed by atoms with Crippen LogP contribution in [0.4, 0.5) is 5.69 Å². The Balaban J connectivity index is 1.49. The lowest BCUT2D eigenvalue weighted by atomic mass is 9.34. The van der Waals surface area contributed by atoms with Gasteiger partial charge in [-0.05, 0) is 87.2 Å². The molecule has 5 aliphatic carbocycles. The molecule has 2 amide bonds. The van der Waals surface area contributed by atoms with E-state index in [0.29, 0.717) is 11.6 Å². The molecule has 1 aromatic carbocycles. The quantitative estimate of drug-likeness (QED) is 0.417. The molecule has 2 bridgehead atoms. The van der Waals surface area contributed by atoms with E-state index >= 15 is 0 Å². The highest BCUT2D eigenvalue weighted by Gasteiger charge is 2.73. The fourth-order valence-corrected chi connectivity index (χ4v) is 9.91. The molecule has 4 fully saturated rings. The molecule has 1 aromatic rings. The van der Waals surface area contributed by atoms with Crippen molar-refractivity contribution in [3.8, 4) is 0 Å². The predicted octanol–water partition coefficient (Wildman–Crippen LogP) is 6.01. The maximum atomic E-state index is 14.2. The second-order valence-corrected chi connectivity index (χ2v) is 13.3. The monoisotopic (exact) mass is 489 g/mol. The molecule has 0 aromatic heterocycles. The lowest BCUT2D eigenvalue weighted by Crippen LogP contribution is -2.65. The van der Waals surface area contributed by atoms with E-state index in [-0.39, 0.29) is 52.2 Å². The number of imide groups is 1. The zero-order valence-electron chi connectivity index (χ0n) is 22.2. The molecule has 8 atom stereocenters. The first-order valence-corrected chi connectivity index (χ1v) is 13.9. The molecule has 6 aliphatic rings. The van der Waals surface area contributed by atoms with E-state index in [9.17, 15) is 19.5 Å². The van der Waals surface area contributed by atoms with Crippen LogP contribution in [-0.2, 0) is 14.4 Å². The third-order valence-electron chi connectivity index (χ3n) is 11.5. The Labute approximate surface area is 214 Å². The Morgan fingerprint density at radius 3 is 2.36 bits per heavy atom. The summed E-state index contributed by atoms with van der Waals surface area (Å²) in [7, 11) is 0. The molecule has 1 saturated heterocycles. The fourth-order valence-electron chi connectivity index (χ4n) is 9.91. The van der Waals surface area contributed by atoms with E-state index < -0.39 is 11.4 Å². The number of hydrogen-bond acceptors (Lipinski definition) is 3. The van der Waals surface area contributed by atoms with Gasteiger partial charge in [-0.3, -0.25) is 19.3 Å². The first-order chi connectivity index (χ1) is 17.0. The summed E-state index contributed by atoms with van der Waals surface area (Å²) < 4.78 is 0. The first kappa shape index (κ1) is 23.9. The van der Waals surface area contributed by atoms with Gasteiger partial charge >= 0.3 is 5.97 Å². The predicted molar refractivity (Wildman–Crippen MR) is 138 cm³/mol. The Morgan fingerprint density at radius 1 is 1.03 bits per heavy atom. The van der Waals surface area contributed by atoms with Gasteiger partial charge in [-0.25, -0.2) is 0 Å². The van der Waals surface area contributed by atoms with Crippen LogP contribution in [0.1, 0.15) is 71.8 Å². The van der Waals surface area contributed by atoms with Gasteiger partial charge in [0.2, 0.25) is 11.8 Å². The van der Waals surface area contributed by atoms with E-state index in [2.05, 4.69) is 26.8 Å². The van der Waals surface area contributed by atoms with E-state index in [4.69, 9.17) is 0 Å². The molecule has 192 valence electrons. The number of fused-ring (bicyclic) bond motifs is 1. The number of carboxylic acid groups (broad SMARTS) is 1. The summed E-state index contributed by atoms with van der Waals surface area (Å²) in [6.45, 7) is 10.7. The second-order valence-electron chi connectivity index (χ2n) is 13.3. The molecule has 1 spiro atoms. The van der Waals surface area contributed by atoms with Gasteiger partial charge in [0.15, 0.2) is 0 Å².